The summed E-state index contributed by atoms with van der Waals surface area (Å²) in [6.45, 7) is 14.5. The van der Waals surface area contributed by atoms with Crippen LogP contribution in [0.15, 0.2) is 146 Å². The molecule has 6 aromatic carbocycles. The summed E-state index contributed by atoms with van der Waals surface area (Å²) in [4.78, 5) is 15.4. The van der Waals surface area contributed by atoms with E-state index in [1.807, 2.05) is 60.7 Å². The molecule has 6 rings (SSSR count). The summed E-state index contributed by atoms with van der Waals surface area (Å²) < 4.78 is 45.5. The minimum absolute atomic E-state index is 0.142. The number of methoxy groups -OCH3 is 3. The Morgan fingerprint density at radius 1 is 0.621 bits per heavy atom. The number of aryl methyl sites for hydroxylation is 1. The summed E-state index contributed by atoms with van der Waals surface area (Å²) in [6.07, 6.45) is 1.03. The van der Waals surface area contributed by atoms with E-state index in [4.69, 9.17) is 55.8 Å². The van der Waals surface area contributed by atoms with Gasteiger partial charge >= 0.3 is 124 Å². The Hall–Kier alpha value is -6.81. The number of ether oxygens (including phenoxy) is 5. The zero-order valence-electron chi connectivity index (χ0n) is 32.3. The van der Waals surface area contributed by atoms with Crippen molar-refractivity contribution in [3.8, 4) is 46.0 Å². The first-order chi connectivity index (χ1) is 28.0. The van der Waals surface area contributed by atoms with Gasteiger partial charge in [0, 0.05) is 19.1 Å². The van der Waals surface area contributed by atoms with Crippen molar-refractivity contribution in [2.75, 3.05) is 25.8 Å². The van der Waals surface area contributed by atoms with Gasteiger partial charge < -0.3 is 24.4 Å². The molecule has 0 radical (unpaired) electrons. The monoisotopic (exact) mass is 900 g/mol. The van der Waals surface area contributed by atoms with Crippen LogP contribution in [-0.4, -0.2) is 41.9 Å². The van der Waals surface area contributed by atoms with Crippen LogP contribution in [0.4, 0.5) is 15.8 Å². The van der Waals surface area contributed by atoms with Crippen molar-refractivity contribution < 1.29 is 64.6 Å². The number of hydrogen-bond donors (Lipinski definition) is 3. The first kappa shape index (κ1) is 47.3. The number of benzene rings is 6. The van der Waals surface area contributed by atoms with E-state index in [2.05, 4.69) is 21.8 Å². The van der Waals surface area contributed by atoms with Gasteiger partial charge in [0.05, 0.1) is 27.4 Å². The molecule has 0 bridgehead atoms. The number of alkyl halides is 1. The molecule has 13 heteroatoms. The van der Waals surface area contributed by atoms with Crippen LogP contribution < -0.4 is 49.1 Å². The van der Waals surface area contributed by atoms with E-state index in [-0.39, 0.29) is 33.0 Å². The van der Waals surface area contributed by atoms with Gasteiger partial charge in [0.25, 0.3) is 5.97 Å². The van der Waals surface area contributed by atoms with Crippen LogP contribution in [0.1, 0.15) is 12.5 Å². The number of nitrogens with zero attached hydrogens (tertiary/aromatic N) is 2. The number of halogens is 2. The number of carboxylic acid groups (broad SMARTS) is 1. The van der Waals surface area contributed by atoms with Crippen LogP contribution in [0, 0.1) is 19.0 Å². The molecule has 0 aliphatic heterocycles. The minimum Gasteiger partial charge on any atom is -0.497 e. The van der Waals surface area contributed by atoms with E-state index >= 15 is 0 Å². The molecule has 0 heterocycles. The van der Waals surface area contributed by atoms with Crippen LogP contribution in [0.25, 0.3) is 9.69 Å². The van der Waals surface area contributed by atoms with Gasteiger partial charge in [-0.25, -0.2) is 14.1 Å². The molecule has 302 valence electrons. The summed E-state index contributed by atoms with van der Waals surface area (Å²) in [5, 5.41) is 16.3. The topological polar surface area (TPSA) is 138 Å². The maximum atomic E-state index is 12.2. The van der Waals surface area contributed by atoms with Crippen LogP contribution in [0.2, 0.25) is 0 Å². The Morgan fingerprint density at radius 2 is 1.02 bits per heavy atom. The van der Waals surface area contributed by atoms with E-state index in [9.17, 15) is 4.39 Å². The zero-order valence-corrected chi connectivity index (χ0v) is 34.5. The average Bonchev–Trinajstić information content (AvgIpc) is 3.23. The average molecular weight is 901 g/mol. The maximum absolute atomic E-state index is 12.2. The number of nitrogens with two attached hydrogens (primary N) is 1. The second-order valence-electron chi connectivity index (χ2n) is 11.2. The van der Waals surface area contributed by atoms with Crippen LogP contribution >= 0.6 is 0 Å². The fraction of sp³-hybridized carbons (Fsp3) is 0.133. The van der Waals surface area contributed by atoms with E-state index in [1.54, 1.807) is 75.9 Å². The van der Waals surface area contributed by atoms with Crippen LogP contribution in [0.5, 0.6) is 46.0 Å². The van der Waals surface area contributed by atoms with Crippen molar-refractivity contribution in [3.05, 3.63) is 180 Å². The summed E-state index contributed by atoms with van der Waals surface area (Å²) in [7, 11) is 4.82. The van der Waals surface area contributed by atoms with Crippen molar-refractivity contribution in [1.82, 2.24) is 0 Å². The van der Waals surface area contributed by atoms with Crippen molar-refractivity contribution in [1.29, 1.82) is 0 Å². The van der Waals surface area contributed by atoms with Gasteiger partial charge in [-0.05, 0) is 48.5 Å². The van der Waals surface area contributed by atoms with E-state index in [0.717, 1.165) is 40.8 Å². The third-order valence-electron chi connectivity index (χ3n) is 6.88. The first-order valence-electron chi connectivity index (χ1n) is 17.2. The molecule has 11 nitrogen and oxygen atoms in total. The Bertz CT molecular complexity index is 2220. The molecule has 0 fully saturated rings. The molecule has 58 heavy (non-hydrogen) atoms. The molecule has 0 spiro atoms. The number of rotatable bonds is 10. The van der Waals surface area contributed by atoms with Gasteiger partial charge in [-0.1, -0.05) is 36.4 Å². The number of phenols is 1. The van der Waals surface area contributed by atoms with Crippen LogP contribution in [0.3, 0.4) is 0 Å². The molecule has 4 N–H and O–H groups in total. The van der Waals surface area contributed by atoms with Crippen LogP contribution in [-0.2, 0) is 11.2 Å². The van der Waals surface area contributed by atoms with E-state index < -0.39 is 5.97 Å². The molecular weight excluding hydrogens is 856 g/mol. The molecule has 6 aromatic rings. The Morgan fingerprint density at radius 3 is 1.45 bits per heavy atom. The van der Waals surface area contributed by atoms with Gasteiger partial charge in [0.2, 0.25) is 0 Å². The summed E-state index contributed by atoms with van der Waals surface area (Å²) >= 11 is -0.142. The third-order valence-corrected chi connectivity index (χ3v) is 8.04. The molecule has 0 saturated heterocycles. The number of phenolic OH excluding ortho intramolecular Hbond substituents is 1. The summed E-state index contributed by atoms with van der Waals surface area (Å²) in [6, 6.07) is 42.4. The zero-order chi connectivity index (χ0) is 42.5. The third kappa shape index (κ3) is 20.2. The number of aromatic hydroxyl groups is 1. The minimum atomic E-state index is -0.833. The van der Waals surface area contributed by atoms with Gasteiger partial charge in [-0.2, -0.15) is 0 Å². The molecule has 0 aliphatic carbocycles. The predicted octanol–water partition coefficient (Wildman–Crippen LogP) is 7.90. The van der Waals surface area contributed by atoms with Crippen molar-refractivity contribution in [3.63, 3.8) is 0 Å². The normalized spacial score (nSPS) is 9.31. The molecular formula is C45H44FIN3O8-. The fourth-order valence-corrected chi connectivity index (χ4v) is 5.24. The quantitative estimate of drug-likeness (QED) is 0.0543. The molecule has 0 atom stereocenters. The maximum Gasteiger partial charge on any atom is 0.190 e. The van der Waals surface area contributed by atoms with Gasteiger partial charge in [0.1, 0.15) is 34.6 Å². The van der Waals surface area contributed by atoms with Crippen molar-refractivity contribution in [2.45, 2.75) is 13.3 Å². The first-order valence-corrected chi connectivity index (χ1v) is 19.9. The van der Waals surface area contributed by atoms with E-state index in [1.165, 1.54) is 23.8 Å². The molecule has 0 saturated carbocycles. The molecule has 0 aliphatic rings. The summed E-state index contributed by atoms with van der Waals surface area (Å²) in [5.74, 6) is 4.21. The molecule has 0 amide bonds. The van der Waals surface area contributed by atoms with E-state index in [0.29, 0.717) is 28.6 Å². The fourth-order valence-electron chi connectivity index (χ4n) is 4.30. The second-order valence-corrected chi connectivity index (χ2v) is 13.2. The number of carboxylic acids is 1. The Labute approximate surface area is 349 Å². The number of hydrogen-bond acceptors (Lipinski definition) is 8. The Balaban J connectivity index is 0.000000270. The largest absolute Gasteiger partial charge is 0.497 e. The predicted molar refractivity (Wildman–Crippen MR) is 219 cm³/mol. The Kier molecular flexibility index (Phi) is 22.6. The summed E-state index contributed by atoms with van der Waals surface area (Å²) in [5.41, 5.74) is 2.17. The van der Waals surface area contributed by atoms with Gasteiger partial charge in [-0.3, -0.25) is 4.79 Å². The number of carbonyl (C=O) groups is 1. The van der Waals surface area contributed by atoms with Crippen molar-refractivity contribution >= 4 is 17.3 Å². The SMILES string of the molecule is CC(=O)O.COc1cccc(O)c1.COc1cccc(Oc2cccc(CC[I-]N)c2)c1.[C-]#[N+]c1cccc(F)c1.[C-]#[N+]c1cccc(Oc2cccc(OC)c2)c1. The molecule has 0 aromatic heterocycles. The van der Waals surface area contributed by atoms with Gasteiger partial charge in [-0.15, -0.1) is 0 Å². The smallest absolute Gasteiger partial charge is 0.190 e. The van der Waals surface area contributed by atoms with Crippen molar-refractivity contribution in [2.24, 2.45) is 3.95 Å². The van der Waals surface area contributed by atoms with Gasteiger partial charge in [0.15, 0.2) is 11.4 Å². The number of aliphatic carboxylic acids is 1. The molecule has 0 unspecified atom stereocenters. The second kappa shape index (κ2) is 27.7. The standard InChI is InChI=1S/C15H17INO2.C14H11NO2.C7H4FN.C7H8O2.C2H4O2/c1-18-13-5-3-7-15(11-13)19-14-6-2-4-12(10-14)8-9-16-17;1-15-11-5-3-7-13(9-11)17-14-8-4-6-12(10-14)16-2;2*1-9-7-4-2-3-6(8)5-7;1-2(3)4/h2-7,10-11H,8-9,17H2,1H3;3-10H,2H3;2-5H;2-5,8H,1H3;1H3,(H,3,4)/q-1;;;;.